The Morgan fingerprint density at radius 2 is 1.58 bits per heavy atom. The van der Waals surface area contributed by atoms with E-state index in [4.69, 9.17) is 14.2 Å². The zero-order chi connectivity index (χ0) is 37.2. The number of ether oxygens (including phenoxy) is 3. The smallest absolute Gasteiger partial charge is 0.341 e. The molecule has 1 atom stereocenters. The van der Waals surface area contributed by atoms with Crippen LogP contribution >= 0.6 is 23.1 Å². The number of thiophene rings is 1. The average Bonchev–Trinajstić information content (AvgIpc) is 3.58. The van der Waals surface area contributed by atoms with E-state index >= 15 is 0 Å². The minimum atomic E-state index is -0.584. The number of thioether (sulfide) groups is 1. The number of anilines is 2. The Kier molecular flexibility index (Phi) is 12.5. The second-order valence-corrected chi connectivity index (χ2v) is 13.7. The van der Waals surface area contributed by atoms with Crippen LogP contribution in [0, 0.1) is 6.92 Å². The monoisotopic (exact) mass is 735 g/mol. The highest BCUT2D eigenvalue weighted by Crippen LogP contribution is 2.37. The van der Waals surface area contributed by atoms with Crippen LogP contribution in [0.3, 0.4) is 0 Å². The molecule has 12 heteroatoms. The van der Waals surface area contributed by atoms with Gasteiger partial charge in [-0.3, -0.25) is 14.4 Å². The van der Waals surface area contributed by atoms with Gasteiger partial charge in [0.1, 0.15) is 27.8 Å². The van der Waals surface area contributed by atoms with Gasteiger partial charge >= 0.3 is 5.97 Å². The number of methoxy groups -OCH3 is 3. The Morgan fingerprint density at radius 1 is 0.827 bits per heavy atom. The molecule has 0 bridgehead atoms. The zero-order valence-corrected chi connectivity index (χ0v) is 30.8. The van der Waals surface area contributed by atoms with Crippen molar-refractivity contribution in [2.45, 2.75) is 24.0 Å². The number of aryl methyl sites for hydroxylation is 1. The Morgan fingerprint density at radius 3 is 2.27 bits per heavy atom. The standard InChI is InChI=1S/C40H37N3O7S2/c1-24-14-16-26(17-15-24)32-23-51-39(35(32)40(47)50-5)43-36(44)25(2)52-31-13-9-12-29(22-31)41-38(46)33(42-37(45)27-10-7-6-8-11-27)21-28-20-30(48-3)18-19-34(28)49-4/h6-23,25H,1-5H3,(H,41,46)(H,42,45)(H,43,44)/b33-21+. The first-order valence-electron chi connectivity index (χ1n) is 16.1. The van der Waals surface area contributed by atoms with Crippen molar-refractivity contribution in [2.24, 2.45) is 0 Å². The van der Waals surface area contributed by atoms with Crippen molar-refractivity contribution in [1.82, 2.24) is 5.32 Å². The number of esters is 1. The molecule has 10 nitrogen and oxygen atoms in total. The largest absolute Gasteiger partial charge is 0.497 e. The van der Waals surface area contributed by atoms with Crippen LogP contribution in [0.4, 0.5) is 10.7 Å². The SMILES string of the molecule is COC(=O)c1c(-c2ccc(C)cc2)csc1NC(=O)C(C)Sc1cccc(NC(=O)/C(=C\c2cc(OC)ccc2OC)NC(=O)c2ccccc2)c1. The summed E-state index contributed by atoms with van der Waals surface area (Å²) in [5.41, 5.74) is 4.18. The quantitative estimate of drug-likeness (QED) is 0.0629. The molecule has 1 aromatic heterocycles. The van der Waals surface area contributed by atoms with E-state index in [9.17, 15) is 19.2 Å². The van der Waals surface area contributed by atoms with Crippen LogP contribution in [-0.2, 0) is 14.3 Å². The number of hydrogen-bond donors (Lipinski definition) is 3. The van der Waals surface area contributed by atoms with E-state index in [2.05, 4.69) is 16.0 Å². The van der Waals surface area contributed by atoms with E-state index in [1.807, 2.05) is 42.6 Å². The minimum Gasteiger partial charge on any atom is -0.497 e. The molecule has 1 unspecified atom stereocenters. The number of benzene rings is 4. The van der Waals surface area contributed by atoms with Gasteiger partial charge in [-0.15, -0.1) is 23.1 Å². The summed E-state index contributed by atoms with van der Waals surface area (Å²) in [6.07, 6.45) is 1.51. The van der Waals surface area contributed by atoms with Crippen molar-refractivity contribution in [3.05, 3.63) is 130 Å². The molecule has 4 aromatic carbocycles. The van der Waals surface area contributed by atoms with E-state index in [1.54, 1.807) is 73.7 Å². The second-order valence-electron chi connectivity index (χ2n) is 11.4. The molecule has 0 spiro atoms. The lowest BCUT2D eigenvalue weighted by molar-refractivity contribution is -0.115. The third-order valence-electron chi connectivity index (χ3n) is 7.82. The number of carbonyl (C=O) groups is 4. The van der Waals surface area contributed by atoms with Crippen molar-refractivity contribution >= 4 is 63.6 Å². The summed E-state index contributed by atoms with van der Waals surface area (Å²) in [7, 11) is 4.34. The molecule has 266 valence electrons. The van der Waals surface area contributed by atoms with Gasteiger partial charge < -0.3 is 30.2 Å². The van der Waals surface area contributed by atoms with Gasteiger partial charge in [-0.05, 0) is 74.0 Å². The van der Waals surface area contributed by atoms with Gasteiger partial charge in [-0.25, -0.2) is 4.79 Å². The van der Waals surface area contributed by atoms with Crippen LogP contribution in [0.2, 0.25) is 0 Å². The predicted molar refractivity (Wildman–Crippen MR) is 206 cm³/mol. The van der Waals surface area contributed by atoms with Crippen LogP contribution in [0.1, 0.15) is 38.8 Å². The molecule has 0 aliphatic carbocycles. The predicted octanol–water partition coefficient (Wildman–Crippen LogP) is 8.06. The number of amides is 3. The van der Waals surface area contributed by atoms with Crippen molar-refractivity contribution in [3.8, 4) is 22.6 Å². The summed E-state index contributed by atoms with van der Waals surface area (Å²) < 4.78 is 15.9. The van der Waals surface area contributed by atoms with Gasteiger partial charge in [0, 0.05) is 32.7 Å². The molecule has 5 rings (SSSR count). The first-order valence-corrected chi connectivity index (χ1v) is 17.8. The molecular weight excluding hydrogens is 699 g/mol. The average molecular weight is 736 g/mol. The zero-order valence-electron chi connectivity index (χ0n) is 29.1. The number of hydrogen-bond acceptors (Lipinski definition) is 9. The number of rotatable bonds is 13. The van der Waals surface area contributed by atoms with Gasteiger partial charge in [0.05, 0.1) is 26.6 Å². The third-order valence-corrected chi connectivity index (χ3v) is 9.81. The summed E-state index contributed by atoms with van der Waals surface area (Å²) in [6, 6.07) is 28.4. The Hall–Kier alpha value is -5.85. The summed E-state index contributed by atoms with van der Waals surface area (Å²) in [5.74, 6) is -0.911. The molecular formula is C40H37N3O7S2. The summed E-state index contributed by atoms with van der Waals surface area (Å²) >= 11 is 2.53. The summed E-state index contributed by atoms with van der Waals surface area (Å²) in [6.45, 7) is 3.73. The molecule has 0 saturated carbocycles. The van der Waals surface area contributed by atoms with Gasteiger partial charge in [0.15, 0.2) is 0 Å². The van der Waals surface area contributed by atoms with Crippen LogP contribution < -0.4 is 25.4 Å². The number of nitrogens with one attached hydrogen (secondary N) is 3. The topological polar surface area (TPSA) is 132 Å². The van der Waals surface area contributed by atoms with Crippen molar-refractivity contribution in [1.29, 1.82) is 0 Å². The summed E-state index contributed by atoms with van der Waals surface area (Å²) in [5, 5.41) is 10.1. The fourth-order valence-electron chi connectivity index (χ4n) is 5.07. The van der Waals surface area contributed by atoms with Gasteiger partial charge in [-0.1, -0.05) is 54.1 Å². The molecule has 52 heavy (non-hydrogen) atoms. The molecule has 0 fully saturated rings. The maximum Gasteiger partial charge on any atom is 0.341 e. The summed E-state index contributed by atoms with van der Waals surface area (Å²) in [4.78, 5) is 53.8. The Bertz CT molecular complexity index is 2110. The Balaban J connectivity index is 1.33. The molecule has 0 aliphatic heterocycles. The van der Waals surface area contributed by atoms with Gasteiger partial charge in [0.25, 0.3) is 11.8 Å². The van der Waals surface area contributed by atoms with Crippen molar-refractivity contribution in [3.63, 3.8) is 0 Å². The maximum atomic E-state index is 13.7. The van der Waals surface area contributed by atoms with Gasteiger partial charge in [0.2, 0.25) is 5.91 Å². The van der Waals surface area contributed by atoms with E-state index < -0.39 is 23.0 Å². The Labute approximate surface area is 310 Å². The highest BCUT2D eigenvalue weighted by atomic mass is 32.2. The third kappa shape index (κ3) is 9.27. The van der Waals surface area contributed by atoms with Crippen LogP contribution in [0.15, 0.2) is 113 Å². The molecule has 0 aliphatic rings. The van der Waals surface area contributed by atoms with Crippen molar-refractivity contribution in [2.75, 3.05) is 32.0 Å². The molecule has 0 radical (unpaired) electrons. The molecule has 1 heterocycles. The lowest BCUT2D eigenvalue weighted by Crippen LogP contribution is -2.30. The molecule has 5 aromatic rings. The molecule has 3 N–H and O–H groups in total. The highest BCUT2D eigenvalue weighted by molar-refractivity contribution is 8.00. The van der Waals surface area contributed by atoms with E-state index in [1.165, 1.54) is 50.5 Å². The highest BCUT2D eigenvalue weighted by Gasteiger charge is 2.25. The molecule has 3 amide bonds. The first-order chi connectivity index (χ1) is 25.1. The lowest BCUT2D eigenvalue weighted by atomic mass is 10.0. The first kappa shape index (κ1) is 37.4. The minimum absolute atomic E-state index is 0.0337. The maximum absolute atomic E-state index is 13.7. The molecule has 0 saturated heterocycles. The normalized spacial score (nSPS) is 11.6. The van der Waals surface area contributed by atoms with Gasteiger partial charge in [-0.2, -0.15) is 0 Å². The van der Waals surface area contributed by atoms with E-state index in [-0.39, 0.29) is 11.6 Å². The number of carbonyl (C=O) groups excluding carboxylic acids is 4. The van der Waals surface area contributed by atoms with E-state index in [0.29, 0.717) is 49.3 Å². The van der Waals surface area contributed by atoms with Crippen LogP contribution in [0.25, 0.3) is 17.2 Å². The van der Waals surface area contributed by atoms with E-state index in [0.717, 1.165) is 11.1 Å². The van der Waals surface area contributed by atoms with Crippen LogP contribution in [0.5, 0.6) is 11.5 Å². The second kappa shape index (κ2) is 17.4. The fraction of sp³-hybridized carbons (Fsp3) is 0.150. The van der Waals surface area contributed by atoms with Crippen LogP contribution in [-0.4, -0.2) is 50.3 Å². The fourth-order valence-corrected chi connectivity index (χ4v) is 6.95. The lowest BCUT2D eigenvalue weighted by Gasteiger charge is -2.15. The van der Waals surface area contributed by atoms with Crippen molar-refractivity contribution < 1.29 is 33.4 Å².